The molecule has 0 unspecified atom stereocenters. The predicted octanol–water partition coefficient (Wildman–Crippen LogP) is 1.77. The number of ether oxygens (including phenoxy) is 2. The molecule has 0 radical (unpaired) electrons. The molecule has 1 fully saturated rings. The first kappa shape index (κ1) is 10.5. The molecule has 0 aromatic heterocycles. The van der Waals surface area contributed by atoms with Gasteiger partial charge >= 0.3 is 0 Å². The van der Waals surface area contributed by atoms with Gasteiger partial charge in [-0.05, 0) is 34.6 Å². The number of nitrogens with zero attached hydrogens (tertiary/aromatic N) is 1. The Morgan fingerprint density at radius 2 is 1.85 bits per heavy atom. The van der Waals surface area contributed by atoms with Gasteiger partial charge in [0.25, 0.3) is 0 Å². The molecule has 1 atom stereocenters. The van der Waals surface area contributed by atoms with E-state index in [1.807, 2.05) is 27.7 Å². The Labute approximate surface area is 78.5 Å². The van der Waals surface area contributed by atoms with Gasteiger partial charge in [0.15, 0.2) is 5.79 Å². The van der Waals surface area contributed by atoms with Gasteiger partial charge in [-0.2, -0.15) is 0 Å². The molecule has 0 saturated carbocycles. The largest absolute Gasteiger partial charge is 0.411 e. The topological polar surface area (TPSA) is 51.1 Å². The lowest BCUT2D eigenvalue weighted by atomic mass is 9.99. The van der Waals surface area contributed by atoms with Gasteiger partial charge in [0, 0.05) is 0 Å². The van der Waals surface area contributed by atoms with Crippen LogP contribution in [0.15, 0.2) is 5.16 Å². The van der Waals surface area contributed by atoms with Gasteiger partial charge in [0.1, 0.15) is 6.10 Å². The van der Waals surface area contributed by atoms with Crippen molar-refractivity contribution in [2.45, 2.75) is 52.1 Å². The van der Waals surface area contributed by atoms with Crippen molar-refractivity contribution in [1.29, 1.82) is 0 Å². The van der Waals surface area contributed by atoms with Gasteiger partial charge in [-0.1, -0.05) is 5.16 Å². The molecule has 0 aromatic carbocycles. The molecule has 1 rings (SSSR count). The van der Waals surface area contributed by atoms with E-state index in [1.165, 1.54) is 0 Å². The minimum absolute atomic E-state index is 0.285. The summed E-state index contributed by atoms with van der Waals surface area (Å²) in [6, 6.07) is 0. The molecule has 1 heterocycles. The Morgan fingerprint density at radius 1 is 1.31 bits per heavy atom. The number of rotatable bonds is 1. The van der Waals surface area contributed by atoms with E-state index in [2.05, 4.69) is 5.16 Å². The van der Waals surface area contributed by atoms with Crippen LogP contribution in [-0.4, -0.2) is 28.4 Å². The van der Waals surface area contributed by atoms with Gasteiger partial charge in [-0.25, -0.2) is 0 Å². The molecule has 0 aromatic rings. The van der Waals surface area contributed by atoms with Crippen LogP contribution in [-0.2, 0) is 9.47 Å². The Balaban J connectivity index is 2.89. The Hall–Kier alpha value is -0.610. The second kappa shape index (κ2) is 2.96. The molecular weight excluding hydrogens is 170 g/mol. The monoisotopic (exact) mass is 187 g/mol. The highest BCUT2D eigenvalue weighted by Crippen LogP contribution is 2.36. The maximum Gasteiger partial charge on any atom is 0.164 e. The highest BCUT2D eigenvalue weighted by atomic mass is 16.8. The summed E-state index contributed by atoms with van der Waals surface area (Å²) in [5, 5.41) is 11.8. The summed E-state index contributed by atoms with van der Waals surface area (Å²) in [6.07, 6.45) is -0.285. The van der Waals surface area contributed by atoms with Gasteiger partial charge < -0.3 is 14.7 Å². The predicted molar refractivity (Wildman–Crippen MR) is 49.0 cm³/mol. The van der Waals surface area contributed by atoms with Crippen LogP contribution >= 0.6 is 0 Å². The number of oxime groups is 1. The minimum Gasteiger partial charge on any atom is -0.411 e. The lowest BCUT2D eigenvalue weighted by molar-refractivity contribution is -0.155. The lowest BCUT2D eigenvalue weighted by Crippen LogP contribution is -2.38. The standard InChI is InChI=1S/C9H17NO3/c1-6(10-11)7-8(2,3)13-9(4,5)12-7/h7,11H,1-5H3/t7-/m1/s1. The van der Waals surface area contributed by atoms with E-state index in [9.17, 15) is 0 Å². The van der Waals surface area contributed by atoms with Crippen molar-refractivity contribution in [3.63, 3.8) is 0 Å². The normalized spacial score (nSPS) is 32.1. The van der Waals surface area contributed by atoms with E-state index in [-0.39, 0.29) is 6.10 Å². The van der Waals surface area contributed by atoms with E-state index < -0.39 is 11.4 Å². The van der Waals surface area contributed by atoms with Crippen LogP contribution < -0.4 is 0 Å². The summed E-state index contributed by atoms with van der Waals surface area (Å²) in [6.45, 7) is 9.25. The summed E-state index contributed by atoms with van der Waals surface area (Å²) in [7, 11) is 0. The molecule has 1 saturated heterocycles. The average molecular weight is 187 g/mol. The number of hydrogen-bond acceptors (Lipinski definition) is 4. The summed E-state index contributed by atoms with van der Waals surface area (Å²) < 4.78 is 11.3. The summed E-state index contributed by atoms with van der Waals surface area (Å²) in [4.78, 5) is 0. The van der Waals surface area contributed by atoms with Crippen LogP contribution in [0, 0.1) is 0 Å². The SMILES string of the molecule is CC(=NO)[C@H]1OC(C)(C)OC1(C)C. The van der Waals surface area contributed by atoms with Crippen molar-refractivity contribution < 1.29 is 14.7 Å². The second-order valence-electron chi connectivity index (χ2n) is 4.34. The molecule has 0 aliphatic carbocycles. The number of hydrogen-bond donors (Lipinski definition) is 1. The fraction of sp³-hybridized carbons (Fsp3) is 0.889. The third-order valence-electron chi connectivity index (χ3n) is 2.08. The van der Waals surface area contributed by atoms with Gasteiger partial charge in [0.05, 0.1) is 11.3 Å². The van der Waals surface area contributed by atoms with Gasteiger partial charge in [-0.15, -0.1) is 0 Å². The van der Waals surface area contributed by atoms with E-state index in [4.69, 9.17) is 14.7 Å². The van der Waals surface area contributed by atoms with Crippen molar-refractivity contribution in [1.82, 2.24) is 0 Å². The van der Waals surface area contributed by atoms with Crippen LogP contribution in [0.5, 0.6) is 0 Å². The van der Waals surface area contributed by atoms with Crippen molar-refractivity contribution >= 4 is 5.71 Å². The smallest absolute Gasteiger partial charge is 0.164 e. The third kappa shape index (κ3) is 2.00. The lowest BCUT2D eigenvalue weighted by Gasteiger charge is -2.23. The first-order chi connectivity index (χ1) is 5.78. The summed E-state index contributed by atoms with van der Waals surface area (Å²) in [5.41, 5.74) is 0.0929. The molecule has 13 heavy (non-hydrogen) atoms. The first-order valence-corrected chi connectivity index (χ1v) is 4.35. The minimum atomic E-state index is -0.611. The molecule has 4 heteroatoms. The van der Waals surface area contributed by atoms with E-state index in [0.717, 1.165) is 0 Å². The molecule has 1 aliphatic heterocycles. The quantitative estimate of drug-likeness (QED) is 0.386. The molecule has 1 aliphatic rings. The van der Waals surface area contributed by atoms with E-state index in [0.29, 0.717) is 5.71 Å². The fourth-order valence-electron chi connectivity index (χ4n) is 1.78. The van der Waals surface area contributed by atoms with Crippen LogP contribution in [0.1, 0.15) is 34.6 Å². The van der Waals surface area contributed by atoms with Gasteiger partial charge in [0.2, 0.25) is 0 Å². The maximum absolute atomic E-state index is 8.65. The first-order valence-electron chi connectivity index (χ1n) is 4.35. The van der Waals surface area contributed by atoms with E-state index in [1.54, 1.807) is 6.92 Å². The zero-order valence-electron chi connectivity index (χ0n) is 8.79. The average Bonchev–Trinajstić information content (AvgIpc) is 2.17. The molecule has 0 spiro atoms. The molecule has 1 N–H and O–H groups in total. The highest BCUT2D eigenvalue weighted by molar-refractivity contribution is 5.87. The second-order valence-corrected chi connectivity index (χ2v) is 4.34. The maximum atomic E-state index is 8.65. The van der Waals surface area contributed by atoms with Gasteiger partial charge in [-0.3, -0.25) is 0 Å². The van der Waals surface area contributed by atoms with Crippen LogP contribution in [0.25, 0.3) is 0 Å². The highest BCUT2D eigenvalue weighted by Gasteiger charge is 2.48. The Morgan fingerprint density at radius 3 is 2.15 bits per heavy atom. The summed E-state index contributed by atoms with van der Waals surface area (Å²) in [5.74, 6) is -0.611. The fourth-order valence-corrected chi connectivity index (χ4v) is 1.78. The van der Waals surface area contributed by atoms with Crippen LogP contribution in [0.4, 0.5) is 0 Å². The van der Waals surface area contributed by atoms with E-state index >= 15 is 0 Å². The third-order valence-corrected chi connectivity index (χ3v) is 2.08. The van der Waals surface area contributed by atoms with Crippen molar-refractivity contribution in [3.8, 4) is 0 Å². The molecule has 0 bridgehead atoms. The Kier molecular flexibility index (Phi) is 2.38. The molecule has 0 amide bonds. The van der Waals surface area contributed by atoms with Crippen molar-refractivity contribution in [3.05, 3.63) is 0 Å². The van der Waals surface area contributed by atoms with Crippen LogP contribution in [0.2, 0.25) is 0 Å². The van der Waals surface area contributed by atoms with Crippen molar-refractivity contribution in [2.24, 2.45) is 5.16 Å². The zero-order valence-corrected chi connectivity index (χ0v) is 8.79. The molecule has 4 nitrogen and oxygen atoms in total. The molecular formula is C9H17NO3. The summed E-state index contributed by atoms with van der Waals surface area (Å²) >= 11 is 0. The molecule has 76 valence electrons. The van der Waals surface area contributed by atoms with Crippen molar-refractivity contribution in [2.75, 3.05) is 0 Å². The Bertz CT molecular complexity index is 233. The zero-order chi connectivity index (χ0) is 10.3. The van der Waals surface area contributed by atoms with Crippen LogP contribution in [0.3, 0.4) is 0 Å².